The number of nitrogens with zero attached hydrogens (tertiary/aromatic N) is 4. The Labute approximate surface area is 143 Å². The molecule has 1 aliphatic heterocycles. The molecule has 128 valence electrons. The van der Waals surface area contributed by atoms with E-state index in [1.807, 2.05) is 0 Å². The van der Waals surface area contributed by atoms with Gasteiger partial charge in [-0.15, -0.1) is 10.2 Å². The van der Waals surface area contributed by atoms with Crippen molar-refractivity contribution in [2.75, 3.05) is 6.54 Å². The minimum atomic E-state index is 0.647. The van der Waals surface area contributed by atoms with Crippen LogP contribution in [0.5, 0.6) is 0 Å². The van der Waals surface area contributed by atoms with E-state index >= 15 is 0 Å². The van der Waals surface area contributed by atoms with Crippen LogP contribution in [0.2, 0.25) is 0 Å². The fourth-order valence-corrected chi connectivity index (χ4v) is 3.07. The van der Waals surface area contributed by atoms with Gasteiger partial charge in [0.25, 0.3) is 0 Å². The Morgan fingerprint density at radius 1 is 1.17 bits per heavy atom. The maximum absolute atomic E-state index is 4.72. The van der Waals surface area contributed by atoms with Crippen molar-refractivity contribution in [3.8, 4) is 0 Å². The molecule has 24 heavy (non-hydrogen) atoms. The second-order valence-corrected chi connectivity index (χ2v) is 5.96. The topological polar surface area (TPSA) is 67.1 Å². The van der Waals surface area contributed by atoms with Gasteiger partial charge in [0.05, 0.1) is 13.1 Å². The molecule has 1 aromatic heterocycles. The van der Waals surface area contributed by atoms with E-state index in [1.54, 1.807) is 0 Å². The molecule has 2 heterocycles. The standard InChI is InChI=1S/C18H26N6/c1-3-14-8-5-6-9-15(14)12-20-18(19-4-2)21-13-17-23-22-16-10-7-11-24(16)17/h5-6,8-9H,3-4,7,10-13H2,1-2H3,(H2,19,20,21). The quantitative estimate of drug-likeness (QED) is 0.630. The van der Waals surface area contributed by atoms with Crippen molar-refractivity contribution in [2.24, 2.45) is 4.99 Å². The van der Waals surface area contributed by atoms with Gasteiger partial charge in [-0.2, -0.15) is 0 Å². The van der Waals surface area contributed by atoms with Gasteiger partial charge in [-0.25, -0.2) is 4.99 Å². The Morgan fingerprint density at radius 3 is 2.79 bits per heavy atom. The van der Waals surface area contributed by atoms with E-state index < -0.39 is 0 Å². The molecule has 1 aromatic carbocycles. The van der Waals surface area contributed by atoms with Crippen molar-refractivity contribution >= 4 is 5.96 Å². The number of hydrogen-bond donors (Lipinski definition) is 2. The molecule has 6 heteroatoms. The second kappa shape index (κ2) is 7.95. The molecule has 0 atom stereocenters. The molecule has 6 nitrogen and oxygen atoms in total. The first-order valence-electron chi connectivity index (χ1n) is 8.81. The predicted octanol–water partition coefficient (Wildman–Crippen LogP) is 2.04. The SMILES string of the molecule is CCNC(=NCc1ccccc1CC)NCc1nnc2n1CCC2. The average molecular weight is 326 g/mol. The molecule has 0 unspecified atom stereocenters. The number of nitrogens with one attached hydrogen (secondary N) is 2. The highest BCUT2D eigenvalue weighted by Crippen LogP contribution is 2.14. The lowest BCUT2D eigenvalue weighted by atomic mass is 10.1. The summed E-state index contributed by atoms with van der Waals surface area (Å²) in [6, 6.07) is 8.48. The van der Waals surface area contributed by atoms with E-state index in [0.717, 1.165) is 43.5 Å². The molecular formula is C18H26N6. The molecule has 0 bridgehead atoms. The van der Waals surface area contributed by atoms with Crippen LogP contribution in [-0.4, -0.2) is 27.3 Å². The Morgan fingerprint density at radius 2 is 2.00 bits per heavy atom. The molecule has 0 saturated carbocycles. The molecule has 2 N–H and O–H groups in total. The molecule has 0 spiro atoms. The number of guanidine groups is 1. The molecule has 1 aliphatic rings. The smallest absolute Gasteiger partial charge is 0.191 e. The van der Waals surface area contributed by atoms with E-state index in [9.17, 15) is 0 Å². The number of fused-ring (bicyclic) bond motifs is 1. The van der Waals surface area contributed by atoms with Gasteiger partial charge >= 0.3 is 0 Å². The van der Waals surface area contributed by atoms with Crippen LogP contribution in [0.15, 0.2) is 29.3 Å². The molecule has 0 radical (unpaired) electrons. The highest BCUT2D eigenvalue weighted by Gasteiger charge is 2.17. The van der Waals surface area contributed by atoms with Crippen LogP contribution >= 0.6 is 0 Å². The number of aliphatic imine (C=N–C) groups is 1. The number of rotatable bonds is 6. The fourth-order valence-electron chi connectivity index (χ4n) is 3.07. The van der Waals surface area contributed by atoms with Gasteiger partial charge in [-0.1, -0.05) is 31.2 Å². The summed E-state index contributed by atoms with van der Waals surface area (Å²) in [5.74, 6) is 2.91. The Bertz CT molecular complexity index is 703. The minimum absolute atomic E-state index is 0.647. The third-order valence-electron chi connectivity index (χ3n) is 4.35. The van der Waals surface area contributed by atoms with Crippen molar-refractivity contribution in [3.05, 3.63) is 47.0 Å². The van der Waals surface area contributed by atoms with Gasteiger partial charge in [-0.3, -0.25) is 0 Å². The van der Waals surface area contributed by atoms with E-state index in [0.29, 0.717) is 13.1 Å². The van der Waals surface area contributed by atoms with Crippen LogP contribution in [0.1, 0.15) is 43.0 Å². The van der Waals surface area contributed by atoms with Gasteiger partial charge < -0.3 is 15.2 Å². The van der Waals surface area contributed by atoms with Gasteiger partial charge in [0.1, 0.15) is 5.82 Å². The second-order valence-electron chi connectivity index (χ2n) is 5.96. The monoisotopic (exact) mass is 326 g/mol. The zero-order valence-corrected chi connectivity index (χ0v) is 14.5. The Balaban J connectivity index is 1.65. The zero-order valence-electron chi connectivity index (χ0n) is 14.5. The zero-order chi connectivity index (χ0) is 16.8. The van der Waals surface area contributed by atoms with Crippen molar-refractivity contribution < 1.29 is 0 Å². The van der Waals surface area contributed by atoms with E-state index in [1.165, 1.54) is 17.5 Å². The molecule has 0 saturated heterocycles. The summed E-state index contributed by atoms with van der Waals surface area (Å²) >= 11 is 0. The van der Waals surface area contributed by atoms with Gasteiger partial charge in [0.15, 0.2) is 11.8 Å². The number of aromatic nitrogens is 3. The highest BCUT2D eigenvalue weighted by atomic mass is 15.3. The summed E-state index contributed by atoms with van der Waals surface area (Å²) in [5, 5.41) is 15.2. The number of aryl methyl sites for hydroxylation is 2. The third kappa shape index (κ3) is 3.75. The minimum Gasteiger partial charge on any atom is -0.357 e. The summed E-state index contributed by atoms with van der Waals surface area (Å²) in [5.41, 5.74) is 2.63. The van der Waals surface area contributed by atoms with Gasteiger partial charge in [0, 0.05) is 19.5 Å². The first-order chi connectivity index (χ1) is 11.8. The van der Waals surface area contributed by atoms with Gasteiger partial charge in [0.2, 0.25) is 0 Å². The predicted molar refractivity (Wildman–Crippen MR) is 95.8 cm³/mol. The van der Waals surface area contributed by atoms with Crippen LogP contribution in [0.25, 0.3) is 0 Å². The molecule has 3 rings (SSSR count). The molecular weight excluding hydrogens is 300 g/mol. The summed E-state index contributed by atoms with van der Waals surface area (Å²) in [7, 11) is 0. The number of hydrogen-bond acceptors (Lipinski definition) is 3. The largest absolute Gasteiger partial charge is 0.357 e. The average Bonchev–Trinajstić information content (AvgIpc) is 3.21. The summed E-state index contributed by atoms with van der Waals surface area (Å²) in [4.78, 5) is 4.72. The molecule has 2 aromatic rings. The van der Waals surface area contributed by atoms with E-state index in [4.69, 9.17) is 4.99 Å². The van der Waals surface area contributed by atoms with Crippen LogP contribution in [0.3, 0.4) is 0 Å². The lowest BCUT2D eigenvalue weighted by Gasteiger charge is -2.12. The van der Waals surface area contributed by atoms with Crippen molar-refractivity contribution in [1.82, 2.24) is 25.4 Å². The van der Waals surface area contributed by atoms with Crippen LogP contribution in [0, 0.1) is 0 Å². The van der Waals surface area contributed by atoms with E-state index in [2.05, 4.69) is 63.5 Å². The Kier molecular flexibility index (Phi) is 5.46. The number of benzene rings is 1. The molecule has 0 amide bonds. The maximum atomic E-state index is 4.72. The fraction of sp³-hybridized carbons (Fsp3) is 0.500. The van der Waals surface area contributed by atoms with Crippen molar-refractivity contribution in [2.45, 2.75) is 52.7 Å². The van der Waals surface area contributed by atoms with Crippen LogP contribution in [-0.2, 0) is 32.5 Å². The van der Waals surface area contributed by atoms with Crippen LogP contribution < -0.4 is 10.6 Å². The third-order valence-corrected chi connectivity index (χ3v) is 4.35. The molecule has 0 fully saturated rings. The normalized spacial score (nSPS) is 13.8. The first kappa shape index (κ1) is 16.5. The van der Waals surface area contributed by atoms with Crippen LogP contribution in [0.4, 0.5) is 0 Å². The summed E-state index contributed by atoms with van der Waals surface area (Å²) in [6.45, 7) is 7.44. The summed E-state index contributed by atoms with van der Waals surface area (Å²) in [6.07, 6.45) is 3.23. The van der Waals surface area contributed by atoms with Crippen molar-refractivity contribution in [1.29, 1.82) is 0 Å². The maximum Gasteiger partial charge on any atom is 0.191 e. The lowest BCUT2D eigenvalue weighted by Crippen LogP contribution is -2.37. The lowest BCUT2D eigenvalue weighted by molar-refractivity contribution is 0.663. The summed E-state index contributed by atoms with van der Waals surface area (Å²) < 4.78 is 2.21. The van der Waals surface area contributed by atoms with Gasteiger partial charge in [-0.05, 0) is 30.9 Å². The van der Waals surface area contributed by atoms with E-state index in [-0.39, 0.29) is 0 Å². The highest BCUT2D eigenvalue weighted by molar-refractivity contribution is 5.79. The molecule has 0 aliphatic carbocycles. The van der Waals surface area contributed by atoms with Crippen molar-refractivity contribution in [3.63, 3.8) is 0 Å². The Hall–Kier alpha value is -2.37. The first-order valence-corrected chi connectivity index (χ1v) is 8.81.